The van der Waals surface area contributed by atoms with Crippen LogP contribution in [-0.4, -0.2) is 59.5 Å². The molecule has 0 bridgehead atoms. The van der Waals surface area contributed by atoms with E-state index in [-0.39, 0.29) is 11.8 Å². The summed E-state index contributed by atoms with van der Waals surface area (Å²) in [5, 5.41) is 4.21. The lowest BCUT2D eigenvalue weighted by atomic mass is 9.96. The number of nitrogens with one attached hydrogen (secondary N) is 1. The fourth-order valence-electron chi connectivity index (χ4n) is 4.14. The average molecular weight is 388 g/mol. The molecule has 2 aliphatic heterocycles. The maximum Gasteiger partial charge on any atom is 0.223 e. The summed E-state index contributed by atoms with van der Waals surface area (Å²) in [5.41, 5.74) is 0.962. The topological polar surface area (TPSA) is 61.4 Å². The number of amides is 1. The molecular weight excluding hydrogens is 358 g/mol. The predicted octanol–water partition coefficient (Wildman–Crippen LogP) is 2.90. The summed E-state index contributed by atoms with van der Waals surface area (Å²) >= 11 is 1.64. The van der Waals surface area contributed by atoms with Crippen LogP contribution in [-0.2, 0) is 4.79 Å². The number of pyridine rings is 1. The molecule has 4 rings (SSSR count). The molecule has 0 saturated carbocycles. The van der Waals surface area contributed by atoms with Gasteiger partial charge in [-0.05, 0) is 64.3 Å². The summed E-state index contributed by atoms with van der Waals surface area (Å²) in [6.07, 6.45) is 7.29. The summed E-state index contributed by atoms with van der Waals surface area (Å²) in [7, 11) is 0. The van der Waals surface area contributed by atoms with Gasteiger partial charge in [-0.25, -0.2) is 9.97 Å². The number of thiazole rings is 1. The molecule has 2 aliphatic rings. The second-order valence-corrected chi connectivity index (χ2v) is 8.71. The van der Waals surface area contributed by atoms with Gasteiger partial charge in [0, 0.05) is 37.8 Å². The zero-order valence-electron chi connectivity index (χ0n) is 16.1. The highest BCUT2D eigenvalue weighted by Gasteiger charge is 2.26. The fraction of sp³-hybridized carbons (Fsp3) is 0.650. The Hall–Kier alpha value is -1.73. The van der Waals surface area contributed by atoms with Crippen LogP contribution in [0.5, 0.6) is 0 Å². The maximum atomic E-state index is 12.5. The summed E-state index contributed by atoms with van der Waals surface area (Å²) in [6.45, 7) is 7.29. The first-order chi connectivity index (χ1) is 13.2. The number of anilines is 1. The first-order valence-corrected chi connectivity index (χ1v) is 11.0. The zero-order valence-corrected chi connectivity index (χ0v) is 16.9. The van der Waals surface area contributed by atoms with Crippen LogP contribution in [0, 0.1) is 5.92 Å². The molecule has 0 radical (unpaired) electrons. The standard InChI is InChI=1S/C20H29N5OS/c1-15(24-11-2-3-12-24)6-10-21-18(26)16-7-13-25(14-8-16)20-23-17-5-4-9-22-19(17)27-20/h4-5,9,15-16H,2-3,6-8,10-14H2,1H3,(H,21,26). The van der Waals surface area contributed by atoms with Crippen molar-refractivity contribution in [3.05, 3.63) is 18.3 Å². The Balaban J connectivity index is 1.22. The SMILES string of the molecule is CC(CCNC(=O)C1CCN(c2nc3cccnc3s2)CC1)N1CCCC1. The van der Waals surface area contributed by atoms with Gasteiger partial charge in [0.2, 0.25) is 5.91 Å². The van der Waals surface area contributed by atoms with Crippen molar-refractivity contribution in [3.63, 3.8) is 0 Å². The van der Waals surface area contributed by atoms with Gasteiger partial charge in [0.1, 0.15) is 10.3 Å². The summed E-state index contributed by atoms with van der Waals surface area (Å²) in [5.74, 6) is 0.366. The molecule has 2 saturated heterocycles. The van der Waals surface area contributed by atoms with Gasteiger partial charge < -0.3 is 15.1 Å². The summed E-state index contributed by atoms with van der Waals surface area (Å²) in [6, 6.07) is 4.50. The van der Waals surface area contributed by atoms with E-state index in [2.05, 4.69) is 32.0 Å². The lowest BCUT2D eigenvalue weighted by Gasteiger charge is -2.31. The van der Waals surface area contributed by atoms with E-state index < -0.39 is 0 Å². The zero-order chi connectivity index (χ0) is 18.6. The van der Waals surface area contributed by atoms with Crippen LogP contribution in [0.4, 0.5) is 5.13 Å². The molecule has 0 aliphatic carbocycles. The number of hydrogen-bond donors (Lipinski definition) is 1. The number of carbonyl (C=O) groups is 1. The van der Waals surface area contributed by atoms with Crippen LogP contribution in [0.2, 0.25) is 0 Å². The normalized spacial score (nSPS) is 20.3. The van der Waals surface area contributed by atoms with Crippen LogP contribution in [0.3, 0.4) is 0 Å². The van der Waals surface area contributed by atoms with E-state index in [4.69, 9.17) is 0 Å². The van der Waals surface area contributed by atoms with Gasteiger partial charge >= 0.3 is 0 Å². The van der Waals surface area contributed by atoms with Crippen LogP contribution in [0.15, 0.2) is 18.3 Å². The van der Waals surface area contributed by atoms with E-state index in [1.807, 2.05) is 18.3 Å². The van der Waals surface area contributed by atoms with Crippen molar-refractivity contribution < 1.29 is 4.79 Å². The fourth-order valence-corrected chi connectivity index (χ4v) is 5.10. The monoisotopic (exact) mass is 387 g/mol. The smallest absolute Gasteiger partial charge is 0.223 e. The highest BCUT2D eigenvalue weighted by molar-refractivity contribution is 7.21. The van der Waals surface area contributed by atoms with E-state index in [0.29, 0.717) is 6.04 Å². The largest absolute Gasteiger partial charge is 0.356 e. The lowest BCUT2D eigenvalue weighted by molar-refractivity contribution is -0.125. The Labute approximate surface area is 165 Å². The van der Waals surface area contributed by atoms with Crippen molar-refractivity contribution in [2.24, 2.45) is 5.92 Å². The average Bonchev–Trinajstić information content (AvgIpc) is 3.37. The van der Waals surface area contributed by atoms with Crippen molar-refractivity contribution in [2.45, 2.75) is 45.1 Å². The molecule has 2 aromatic rings. The van der Waals surface area contributed by atoms with E-state index >= 15 is 0 Å². The number of carbonyl (C=O) groups excluding carboxylic acids is 1. The van der Waals surface area contributed by atoms with Gasteiger partial charge in [0.15, 0.2) is 5.13 Å². The third kappa shape index (κ3) is 4.41. The third-order valence-electron chi connectivity index (χ3n) is 5.92. The first kappa shape index (κ1) is 18.6. The number of likely N-dealkylation sites (tertiary alicyclic amines) is 1. The van der Waals surface area contributed by atoms with Crippen LogP contribution < -0.4 is 10.2 Å². The Bertz CT molecular complexity index is 732. The molecule has 0 aromatic carbocycles. The molecule has 1 unspecified atom stereocenters. The minimum absolute atomic E-state index is 0.135. The van der Waals surface area contributed by atoms with Crippen LogP contribution >= 0.6 is 11.3 Å². The lowest BCUT2D eigenvalue weighted by Crippen LogP contribution is -2.41. The molecule has 27 heavy (non-hydrogen) atoms. The summed E-state index contributed by atoms with van der Waals surface area (Å²) < 4.78 is 0. The minimum atomic E-state index is 0.135. The Morgan fingerprint density at radius 2 is 2.07 bits per heavy atom. The van der Waals surface area contributed by atoms with Gasteiger partial charge in [-0.3, -0.25) is 4.79 Å². The first-order valence-electron chi connectivity index (χ1n) is 10.2. The maximum absolute atomic E-state index is 12.5. The molecule has 146 valence electrons. The van der Waals surface area contributed by atoms with Crippen molar-refractivity contribution in [2.75, 3.05) is 37.6 Å². The van der Waals surface area contributed by atoms with Crippen LogP contribution in [0.25, 0.3) is 10.3 Å². The second kappa shape index (κ2) is 8.52. The van der Waals surface area contributed by atoms with Crippen molar-refractivity contribution in [1.82, 2.24) is 20.2 Å². The Morgan fingerprint density at radius 3 is 2.81 bits per heavy atom. The number of piperidine rings is 1. The van der Waals surface area contributed by atoms with Gasteiger partial charge in [-0.2, -0.15) is 0 Å². The van der Waals surface area contributed by atoms with Crippen molar-refractivity contribution in [1.29, 1.82) is 0 Å². The quantitative estimate of drug-likeness (QED) is 0.826. The molecule has 1 amide bonds. The number of rotatable bonds is 6. The highest BCUT2D eigenvalue weighted by atomic mass is 32.1. The molecule has 2 fully saturated rings. The minimum Gasteiger partial charge on any atom is -0.356 e. The number of hydrogen-bond acceptors (Lipinski definition) is 6. The Kier molecular flexibility index (Phi) is 5.88. The van der Waals surface area contributed by atoms with Gasteiger partial charge in [0.05, 0.1) is 0 Å². The van der Waals surface area contributed by atoms with Gasteiger partial charge in [0.25, 0.3) is 0 Å². The molecule has 6 nitrogen and oxygen atoms in total. The molecule has 1 N–H and O–H groups in total. The number of aromatic nitrogens is 2. The Morgan fingerprint density at radius 1 is 1.30 bits per heavy atom. The highest BCUT2D eigenvalue weighted by Crippen LogP contribution is 2.30. The second-order valence-electron chi connectivity index (χ2n) is 7.76. The number of nitrogens with zero attached hydrogens (tertiary/aromatic N) is 4. The van der Waals surface area contributed by atoms with Crippen molar-refractivity contribution >= 4 is 32.7 Å². The summed E-state index contributed by atoms with van der Waals surface area (Å²) in [4.78, 5) is 27.4. The number of fused-ring (bicyclic) bond motifs is 1. The molecule has 0 spiro atoms. The van der Waals surface area contributed by atoms with E-state index in [0.717, 1.165) is 54.4 Å². The third-order valence-corrected chi connectivity index (χ3v) is 6.96. The van der Waals surface area contributed by atoms with Crippen LogP contribution in [0.1, 0.15) is 39.0 Å². The van der Waals surface area contributed by atoms with Gasteiger partial charge in [-0.1, -0.05) is 11.3 Å². The molecule has 1 atom stereocenters. The van der Waals surface area contributed by atoms with Gasteiger partial charge in [-0.15, -0.1) is 0 Å². The molecular formula is C20H29N5OS. The van der Waals surface area contributed by atoms with E-state index in [1.54, 1.807) is 11.3 Å². The molecule has 7 heteroatoms. The molecule has 2 aromatic heterocycles. The predicted molar refractivity (Wildman–Crippen MR) is 110 cm³/mol. The van der Waals surface area contributed by atoms with E-state index in [9.17, 15) is 4.79 Å². The van der Waals surface area contributed by atoms with Crippen molar-refractivity contribution in [3.8, 4) is 0 Å². The molecule has 4 heterocycles. The van der Waals surface area contributed by atoms with E-state index in [1.165, 1.54) is 25.9 Å².